The largest absolute Gasteiger partial charge is 0.376 e. The molecule has 0 saturated carbocycles. The van der Waals surface area contributed by atoms with Crippen LogP contribution in [0.4, 0.5) is 0 Å². The maximum Gasteiger partial charge on any atom is 0.193 e. The Kier molecular flexibility index (Phi) is 11.0. The van der Waals surface area contributed by atoms with E-state index in [1.54, 1.807) is 13.8 Å². The third kappa shape index (κ3) is 7.95. The van der Waals surface area contributed by atoms with E-state index in [-0.39, 0.29) is 42.7 Å². The number of nitrogens with zero attached hydrogens (tertiary/aromatic N) is 2. The summed E-state index contributed by atoms with van der Waals surface area (Å²) >= 11 is 0. The van der Waals surface area contributed by atoms with Crippen molar-refractivity contribution in [1.82, 2.24) is 10.2 Å². The molecule has 2 fully saturated rings. The van der Waals surface area contributed by atoms with Crippen molar-refractivity contribution in [3.8, 4) is 0 Å². The fourth-order valence-electron chi connectivity index (χ4n) is 3.22. The van der Waals surface area contributed by atoms with E-state index < -0.39 is 14.6 Å². The number of rotatable bonds is 7. The second-order valence-corrected chi connectivity index (χ2v) is 10.9. The molecule has 2 aliphatic rings. The maximum absolute atomic E-state index is 11.9. The minimum atomic E-state index is -3.16. The summed E-state index contributed by atoms with van der Waals surface area (Å²) in [6.07, 6.45) is 7.20. The Morgan fingerprint density at radius 1 is 1.25 bits per heavy atom. The summed E-state index contributed by atoms with van der Waals surface area (Å²) in [6, 6.07) is 0. The highest BCUT2D eigenvalue weighted by Gasteiger charge is 2.31. The van der Waals surface area contributed by atoms with Gasteiger partial charge in [0.15, 0.2) is 15.8 Å². The Morgan fingerprint density at radius 3 is 2.46 bits per heavy atom. The van der Waals surface area contributed by atoms with Crippen LogP contribution in [0.3, 0.4) is 0 Å². The van der Waals surface area contributed by atoms with E-state index in [0.717, 1.165) is 57.9 Å². The van der Waals surface area contributed by atoms with E-state index in [4.69, 9.17) is 9.47 Å². The lowest BCUT2D eigenvalue weighted by Gasteiger charge is -2.35. The molecule has 9 heteroatoms. The van der Waals surface area contributed by atoms with Crippen molar-refractivity contribution < 1.29 is 17.9 Å². The Labute approximate surface area is 187 Å². The van der Waals surface area contributed by atoms with Gasteiger partial charge in [-0.3, -0.25) is 4.99 Å². The summed E-state index contributed by atoms with van der Waals surface area (Å²) in [5.41, 5.74) is 0. The zero-order chi connectivity index (χ0) is 19.9. The molecule has 0 radical (unpaired) electrons. The van der Waals surface area contributed by atoms with Gasteiger partial charge in [0.1, 0.15) is 0 Å². The number of ether oxygens (including phenoxy) is 2. The number of halogens is 1. The molecule has 1 atom stereocenters. The molecule has 0 aromatic heterocycles. The fourth-order valence-corrected chi connectivity index (χ4v) is 3.52. The van der Waals surface area contributed by atoms with Crippen LogP contribution in [0.15, 0.2) is 4.99 Å². The second-order valence-electron chi connectivity index (χ2n) is 8.21. The number of hydrogen-bond donors (Lipinski definition) is 1. The molecule has 7 nitrogen and oxygen atoms in total. The van der Waals surface area contributed by atoms with Gasteiger partial charge in [-0.25, -0.2) is 8.42 Å². The zero-order valence-corrected chi connectivity index (χ0v) is 20.9. The van der Waals surface area contributed by atoms with Gasteiger partial charge in [-0.2, -0.15) is 0 Å². The van der Waals surface area contributed by atoms with Gasteiger partial charge in [-0.15, -0.1) is 24.0 Å². The SMILES string of the molecule is CCNC(=NCC(C)(C)S(C)(=O)=O)N1CCC(OCC2CCCCO2)CC1.I. The van der Waals surface area contributed by atoms with Crippen LogP contribution in [0.25, 0.3) is 0 Å². The minimum Gasteiger partial charge on any atom is -0.376 e. The number of sulfone groups is 1. The van der Waals surface area contributed by atoms with Crippen LogP contribution in [0, 0.1) is 0 Å². The molecular formula is C19H38IN3O4S. The van der Waals surface area contributed by atoms with E-state index in [9.17, 15) is 8.42 Å². The second kappa shape index (κ2) is 11.9. The summed E-state index contributed by atoms with van der Waals surface area (Å²) in [5, 5.41) is 3.30. The van der Waals surface area contributed by atoms with E-state index in [0.29, 0.717) is 6.61 Å². The molecule has 0 aromatic carbocycles. The summed E-state index contributed by atoms with van der Waals surface area (Å²) in [5.74, 6) is 0.795. The van der Waals surface area contributed by atoms with Gasteiger partial charge in [0.25, 0.3) is 0 Å². The Hall–Kier alpha value is -0.130. The van der Waals surface area contributed by atoms with Gasteiger partial charge >= 0.3 is 0 Å². The first kappa shape index (κ1) is 25.9. The monoisotopic (exact) mass is 531 g/mol. The summed E-state index contributed by atoms with van der Waals surface area (Å²) < 4.78 is 34.8. The predicted octanol–water partition coefficient (Wildman–Crippen LogP) is 2.44. The third-order valence-electron chi connectivity index (χ3n) is 5.48. The molecule has 166 valence electrons. The van der Waals surface area contributed by atoms with Crippen LogP contribution < -0.4 is 5.32 Å². The lowest BCUT2D eigenvalue weighted by molar-refractivity contribution is -0.0721. The lowest BCUT2D eigenvalue weighted by atomic mass is 10.1. The van der Waals surface area contributed by atoms with E-state index in [2.05, 4.69) is 15.2 Å². The smallest absolute Gasteiger partial charge is 0.193 e. The highest BCUT2D eigenvalue weighted by molar-refractivity contribution is 14.0. The molecule has 0 aliphatic carbocycles. The van der Waals surface area contributed by atoms with Crippen molar-refractivity contribution in [2.45, 2.75) is 69.8 Å². The quantitative estimate of drug-likeness (QED) is 0.309. The Bertz CT molecular complexity index is 584. The number of nitrogens with one attached hydrogen (secondary N) is 1. The van der Waals surface area contributed by atoms with Crippen molar-refractivity contribution in [3.63, 3.8) is 0 Å². The number of aliphatic imine (C=N–C) groups is 1. The molecule has 0 bridgehead atoms. The molecule has 0 aromatic rings. The van der Waals surface area contributed by atoms with Gasteiger partial charge in [0.2, 0.25) is 0 Å². The topological polar surface area (TPSA) is 80.2 Å². The Balaban J connectivity index is 0.00000392. The summed E-state index contributed by atoms with van der Waals surface area (Å²) in [7, 11) is -3.16. The van der Waals surface area contributed by atoms with E-state index >= 15 is 0 Å². The third-order valence-corrected chi connectivity index (χ3v) is 7.62. The van der Waals surface area contributed by atoms with Gasteiger partial charge in [0, 0.05) is 32.5 Å². The van der Waals surface area contributed by atoms with Crippen LogP contribution in [0.5, 0.6) is 0 Å². The first-order valence-electron chi connectivity index (χ1n) is 10.2. The average molecular weight is 532 g/mol. The molecule has 2 saturated heterocycles. The number of likely N-dealkylation sites (tertiary alicyclic amines) is 1. The molecule has 28 heavy (non-hydrogen) atoms. The molecule has 1 N–H and O–H groups in total. The van der Waals surface area contributed by atoms with Gasteiger partial charge < -0.3 is 19.7 Å². The molecule has 0 amide bonds. The van der Waals surface area contributed by atoms with Crippen LogP contribution in [0.2, 0.25) is 0 Å². The standard InChI is InChI=1S/C19H37N3O4S.HI/c1-5-20-18(21-15-19(2,3)27(4,23)24)22-11-9-16(10-12-22)26-14-17-8-6-7-13-25-17;/h16-17H,5-15H2,1-4H3,(H,20,21);1H. The van der Waals surface area contributed by atoms with Crippen LogP contribution in [-0.4, -0.2) is 81.9 Å². The highest BCUT2D eigenvalue weighted by atomic mass is 127. The lowest BCUT2D eigenvalue weighted by Crippen LogP contribution is -2.48. The predicted molar refractivity (Wildman–Crippen MR) is 124 cm³/mol. The molecule has 0 spiro atoms. The molecule has 2 aliphatic heterocycles. The van der Waals surface area contributed by atoms with Crippen LogP contribution in [-0.2, 0) is 19.3 Å². The molecule has 1 unspecified atom stereocenters. The highest BCUT2D eigenvalue weighted by Crippen LogP contribution is 2.19. The summed E-state index contributed by atoms with van der Waals surface area (Å²) in [4.78, 5) is 6.82. The summed E-state index contributed by atoms with van der Waals surface area (Å²) in [6.45, 7) is 9.77. The molecule has 2 rings (SSSR count). The van der Waals surface area contributed by atoms with Crippen LogP contribution >= 0.6 is 24.0 Å². The van der Waals surface area contributed by atoms with Crippen LogP contribution in [0.1, 0.15) is 52.9 Å². The molecular weight excluding hydrogens is 493 g/mol. The minimum absolute atomic E-state index is 0. The van der Waals surface area contributed by atoms with E-state index in [1.165, 1.54) is 12.7 Å². The number of guanidine groups is 1. The van der Waals surface area contributed by atoms with Crippen molar-refractivity contribution in [1.29, 1.82) is 0 Å². The first-order valence-corrected chi connectivity index (χ1v) is 12.1. The van der Waals surface area contributed by atoms with Gasteiger partial charge in [-0.1, -0.05) is 0 Å². The zero-order valence-electron chi connectivity index (χ0n) is 17.8. The average Bonchev–Trinajstić information content (AvgIpc) is 2.64. The number of hydrogen-bond acceptors (Lipinski definition) is 5. The van der Waals surface area contributed by atoms with Crippen molar-refractivity contribution in [2.24, 2.45) is 4.99 Å². The van der Waals surface area contributed by atoms with E-state index in [1.807, 2.05) is 6.92 Å². The van der Waals surface area contributed by atoms with Gasteiger partial charge in [-0.05, 0) is 52.9 Å². The van der Waals surface area contributed by atoms with Gasteiger partial charge in [0.05, 0.1) is 30.1 Å². The van der Waals surface area contributed by atoms with Crippen molar-refractivity contribution in [3.05, 3.63) is 0 Å². The van der Waals surface area contributed by atoms with Crippen molar-refractivity contribution in [2.75, 3.05) is 45.6 Å². The molecule has 2 heterocycles. The number of piperidine rings is 1. The normalized spacial score (nSPS) is 22.6. The van der Waals surface area contributed by atoms with Crippen molar-refractivity contribution >= 4 is 39.8 Å². The Morgan fingerprint density at radius 2 is 1.93 bits per heavy atom. The fraction of sp³-hybridized carbons (Fsp3) is 0.947. The first-order chi connectivity index (χ1) is 12.7. The maximum atomic E-state index is 11.9.